The van der Waals surface area contributed by atoms with Crippen LogP contribution in [-0.4, -0.2) is 46.6 Å². The van der Waals surface area contributed by atoms with Crippen LogP contribution in [0.15, 0.2) is 53.7 Å². The molecule has 0 aliphatic heterocycles. The summed E-state index contributed by atoms with van der Waals surface area (Å²) in [7, 11) is 2.93. The van der Waals surface area contributed by atoms with E-state index in [-0.39, 0.29) is 24.2 Å². The van der Waals surface area contributed by atoms with Crippen molar-refractivity contribution in [2.24, 2.45) is 0 Å². The monoisotopic (exact) mass is 426 g/mol. The van der Waals surface area contributed by atoms with Gasteiger partial charge in [-0.25, -0.2) is 0 Å². The Morgan fingerprint density at radius 2 is 1.87 bits per heavy atom. The van der Waals surface area contributed by atoms with Crippen molar-refractivity contribution in [3.05, 3.63) is 65.5 Å². The summed E-state index contributed by atoms with van der Waals surface area (Å²) in [6.07, 6.45) is 0. The summed E-state index contributed by atoms with van der Waals surface area (Å²) in [6.45, 7) is 2.10. The summed E-state index contributed by atoms with van der Waals surface area (Å²) < 4.78 is 11.7. The minimum Gasteiger partial charge on any atom is -0.497 e. The van der Waals surface area contributed by atoms with Crippen molar-refractivity contribution in [3.8, 4) is 11.4 Å². The maximum absolute atomic E-state index is 12.5. The number of esters is 1. The Bertz CT molecular complexity index is 1030. The summed E-state index contributed by atoms with van der Waals surface area (Å²) in [5.74, 6) is 0.782. The van der Waals surface area contributed by atoms with Gasteiger partial charge in [-0.05, 0) is 43.3 Å². The topological polar surface area (TPSA) is 95.3 Å². The normalized spacial score (nSPS) is 10.5. The van der Waals surface area contributed by atoms with E-state index in [2.05, 4.69) is 15.5 Å². The SMILES string of the molecule is COC(=O)CSc1nnc(CNC(=O)c2cccc(C)c2)n1-c1ccc(OC)cc1. The van der Waals surface area contributed by atoms with Gasteiger partial charge in [0.05, 0.1) is 26.5 Å². The van der Waals surface area contributed by atoms with Crippen LogP contribution in [0.5, 0.6) is 5.75 Å². The summed E-state index contributed by atoms with van der Waals surface area (Å²) in [6, 6.07) is 14.7. The molecule has 0 spiro atoms. The molecule has 0 aliphatic carbocycles. The van der Waals surface area contributed by atoms with Crippen molar-refractivity contribution in [1.82, 2.24) is 20.1 Å². The lowest BCUT2D eigenvalue weighted by atomic mass is 10.1. The highest BCUT2D eigenvalue weighted by Gasteiger charge is 2.17. The number of aryl methyl sites for hydroxylation is 1. The highest BCUT2D eigenvalue weighted by molar-refractivity contribution is 7.99. The van der Waals surface area contributed by atoms with Crippen LogP contribution >= 0.6 is 11.8 Å². The highest BCUT2D eigenvalue weighted by Crippen LogP contribution is 2.24. The van der Waals surface area contributed by atoms with Crippen LogP contribution in [0.2, 0.25) is 0 Å². The molecule has 1 heterocycles. The fourth-order valence-electron chi connectivity index (χ4n) is 2.73. The summed E-state index contributed by atoms with van der Waals surface area (Å²) >= 11 is 1.21. The maximum Gasteiger partial charge on any atom is 0.316 e. The van der Waals surface area contributed by atoms with E-state index in [9.17, 15) is 9.59 Å². The predicted molar refractivity (Wildman–Crippen MR) is 113 cm³/mol. The third-order valence-corrected chi connectivity index (χ3v) is 5.17. The number of aromatic nitrogens is 3. The molecule has 0 atom stereocenters. The quantitative estimate of drug-likeness (QED) is 0.437. The Kier molecular flexibility index (Phi) is 7.08. The Balaban J connectivity index is 1.84. The molecule has 0 aliphatic rings. The molecule has 1 amide bonds. The van der Waals surface area contributed by atoms with Gasteiger partial charge in [-0.1, -0.05) is 29.5 Å². The Labute approximate surface area is 178 Å². The molecule has 9 heteroatoms. The van der Waals surface area contributed by atoms with Crippen LogP contribution in [0, 0.1) is 6.92 Å². The second kappa shape index (κ2) is 9.93. The van der Waals surface area contributed by atoms with Crippen molar-refractivity contribution in [2.75, 3.05) is 20.0 Å². The zero-order valence-electron chi connectivity index (χ0n) is 16.9. The number of amides is 1. The van der Waals surface area contributed by atoms with Gasteiger partial charge in [0.2, 0.25) is 0 Å². The van der Waals surface area contributed by atoms with Gasteiger partial charge in [0.1, 0.15) is 5.75 Å². The number of hydrogen-bond acceptors (Lipinski definition) is 7. The smallest absolute Gasteiger partial charge is 0.316 e. The van der Waals surface area contributed by atoms with Gasteiger partial charge < -0.3 is 14.8 Å². The standard InChI is InChI=1S/C21H22N4O4S/c1-14-5-4-6-15(11-14)20(27)22-12-18-23-24-21(30-13-19(26)29-3)25(18)16-7-9-17(28-2)10-8-16/h4-11H,12-13H2,1-3H3,(H,22,27). The number of ether oxygens (including phenoxy) is 2. The lowest BCUT2D eigenvalue weighted by Crippen LogP contribution is -2.24. The summed E-state index contributed by atoms with van der Waals surface area (Å²) in [4.78, 5) is 24.1. The van der Waals surface area contributed by atoms with Crippen molar-refractivity contribution in [3.63, 3.8) is 0 Å². The van der Waals surface area contributed by atoms with E-state index in [4.69, 9.17) is 9.47 Å². The molecule has 2 aromatic carbocycles. The first kappa shape index (κ1) is 21.4. The van der Waals surface area contributed by atoms with Gasteiger partial charge >= 0.3 is 5.97 Å². The average Bonchev–Trinajstić information content (AvgIpc) is 3.18. The van der Waals surface area contributed by atoms with Gasteiger partial charge in [0, 0.05) is 11.3 Å². The van der Waals surface area contributed by atoms with Gasteiger partial charge in [-0.15, -0.1) is 10.2 Å². The summed E-state index contributed by atoms with van der Waals surface area (Å²) in [5, 5.41) is 11.8. The molecule has 0 bridgehead atoms. The fraction of sp³-hybridized carbons (Fsp3) is 0.238. The molecule has 0 saturated heterocycles. The molecule has 0 unspecified atom stereocenters. The fourth-order valence-corrected chi connectivity index (χ4v) is 3.53. The Morgan fingerprint density at radius 1 is 1.10 bits per heavy atom. The number of benzene rings is 2. The number of nitrogens with one attached hydrogen (secondary N) is 1. The third kappa shape index (κ3) is 5.18. The van der Waals surface area contributed by atoms with E-state index >= 15 is 0 Å². The van der Waals surface area contributed by atoms with Crippen molar-refractivity contribution in [2.45, 2.75) is 18.6 Å². The molecular weight excluding hydrogens is 404 g/mol. The second-order valence-electron chi connectivity index (χ2n) is 6.35. The number of carbonyl (C=O) groups excluding carboxylic acids is 2. The number of methoxy groups -OCH3 is 2. The molecule has 1 aromatic heterocycles. The lowest BCUT2D eigenvalue weighted by molar-refractivity contribution is -0.137. The van der Waals surface area contributed by atoms with Crippen LogP contribution in [-0.2, 0) is 16.1 Å². The molecule has 0 radical (unpaired) electrons. The van der Waals surface area contributed by atoms with Gasteiger partial charge in [0.25, 0.3) is 5.91 Å². The lowest BCUT2D eigenvalue weighted by Gasteiger charge is -2.11. The molecule has 3 aromatic rings. The van der Waals surface area contributed by atoms with Crippen LogP contribution < -0.4 is 10.1 Å². The summed E-state index contributed by atoms with van der Waals surface area (Å²) in [5.41, 5.74) is 2.37. The zero-order valence-corrected chi connectivity index (χ0v) is 17.7. The molecule has 1 N–H and O–H groups in total. The van der Waals surface area contributed by atoms with E-state index < -0.39 is 0 Å². The first-order chi connectivity index (χ1) is 14.5. The van der Waals surface area contributed by atoms with Crippen molar-refractivity contribution >= 4 is 23.6 Å². The van der Waals surface area contributed by atoms with Crippen molar-refractivity contribution < 1.29 is 19.1 Å². The van der Waals surface area contributed by atoms with E-state index in [0.29, 0.717) is 22.3 Å². The number of nitrogens with zero attached hydrogens (tertiary/aromatic N) is 3. The van der Waals surface area contributed by atoms with Crippen LogP contribution in [0.4, 0.5) is 0 Å². The van der Waals surface area contributed by atoms with Crippen LogP contribution in [0.25, 0.3) is 5.69 Å². The number of hydrogen-bond donors (Lipinski definition) is 1. The molecule has 8 nitrogen and oxygen atoms in total. The zero-order chi connectivity index (χ0) is 21.5. The molecule has 3 rings (SSSR count). The predicted octanol–water partition coefficient (Wildman–Crippen LogP) is 2.78. The van der Waals surface area contributed by atoms with Crippen LogP contribution in [0.3, 0.4) is 0 Å². The van der Waals surface area contributed by atoms with E-state index in [1.165, 1.54) is 18.9 Å². The van der Waals surface area contributed by atoms with Gasteiger partial charge in [-0.3, -0.25) is 14.2 Å². The number of thioether (sulfide) groups is 1. The molecule has 0 fully saturated rings. The average molecular weight is 426 g/mol. The van der Waals surface area contributed by atoms with Crippen LogP contribution in [0.1, 0.15) is 21.7 Å². The minimum atomic E-state index is -0.362. The minimum absolute atomic E-state index is 0.0977. The van der Waals surface area contributed by atoms with Gasteiger partial charge in [-0.2, -0.15) is 0 Å². The first-order valence-electron chi connectivity index (χ1n) is 9.15. The Hall–Kier alpha value is -3.33. The molecule has 30 heavy (non-hydrogen) atoms. The number of rotatable bonds is 8. The number of carbonyl (C=O) groups is 2. The van der Waals surface area contributed by atoms with E-state index in [1.54, 1.807) is 17.7 Å². The molecule has 156 valence electrons. The van der Waals surface area contributed by atoms with E-state index in [1.807, 2.05) is 49.4 Å². The van der Waals surface area contributed by atoms with E-state index in [0.717, 1.165) is 11.3 Å². The molecule has 0 saturated carbocycles. The van der Waals surface area contributed by atoms with Crippen molar-refractivity contribution in [1.29, 1.82) is 0 Å². The second-order valence-corrected chi connectivity index (χ2v) is 7.29. The molecular formula is C21H22N4O4S. The van der Waals surface area contributed by atoms with Gasteiger partial charge in [0.15, 0.2) is 11.0 Å². The Morgan fingerprint density at radius 3 is 2.53 bits per heavy atom. The first-order valence-corrected chi connectivity index (χ1v) is 10.1. The largest absolute Gasteiger partial charge is 0.497 e. The highest BCUT2D eigenvalue weighted by atomic mass is 32.2. The maximum atomic E-state index is 12.5. The third-order valence-electron chi connectivity index (χ3n) is 4.27.